The number of benzene rings is 2. The van der Waals surface area contributed by atoms with Crippen molar-refractivity contribution in [1.82, 2.24) is 0 Å². The molecule has 0 aliphatic rings. The summed E-state index contributed by atoms with van der Waals surface area (Å²) in [5.41, 5.74) is 0.182. The summed E-state index contributed by atoms with van der Waals surface area (Å²) in [5.74, 6) is -1.60. The van der Waals surface area contributed by atoms with Gasteiger partial charge in [-0.25, -0.2) is 4.39 Å². The topological polar surface area (TPSA) is 92.5 Å². The van der Waals surface area contributed by atoms with E-state index in [4.69, 9.17) is 11.6 Å². The van der Waals surface area contributed by atoms with E-state index < -0.39 is 22.4 Å². The van der Waals surface area contributed by atoms with Gasteiger partial charge in [0.1, 0.15) is 11.6 Å². The van der Waals surface area contributed by atoms with Crippen LogP contribution in [0, 0.1) is 15.9 Å². The van der Waals surface area contributed by atoms with Gasteiger partial charge in [0, 0.05) is 22.3 Å². The van der Waals surface area contributed by atoms with E-state index in [0.29, 0.717) is 11.9 Å². The summed E-state index contributed by atoms with van der Waals surface area (Å²) < 4.78 is 12.8. The van der Waals surface area contributed by atoms with Gasteiger partial charge in [-0.2, -0.15) is 0 Å². The van der Waals surface area contributed by atoms with Crippen LogP contribution in [0.25, 0.3) is 6.08 Å². The number of carbonyl (C=O) groups is 1. The Kier molecular flexibility index (Phi) is 4.92. The minimum absolute atomic E-state index is 0.0263. The number of hydrogen-bond acceptors (Lipinski definition) is 4. The van der Waals surface area contributed by atoms with E-state index in [-0.39, 0.29) is 16.1 Å². The van der Waals surface area contributed by atoms with Gasteiger partial charge in [-0.15, -0.1) is 0 Å². The molecule has 0 unspecified atom stereocenters. The molecule has 118 valence electrons. The molecule has 2 aromatic carbocycles. The highest BCUT2D eigenvalue weighted by molar-refractivity contribution is 6.31. The largest absolute Gasteiger partial charge is 0.506 e. The molecular weight excluding hydrogens is 327 g/mol. The van der Waals surface area contributed by atoms with E-state index in [1.54, 1.807) is 0 Å². The average Bonchev–Trinajstić information content (AvgIpc) is 2.49. The van der Waals surface area contributed by atoms with Crippen LogP contribution >= 0.6 is 11.6 Å². The first kappa shape index (κ1) is 16.4. The molecule has 2 aromatic rings. The van der Waals surface area contributed by atoms with Gasteiger partial charge >= 0.3 is 0 Å². The number of nitrogens with one attached hydrogen (secondary N) is 1. The molecule has 2 N–H and O–H groups in total. The number of nitro groups is 1. The van der Waals surface area contributed by atoms with Crippen molar-refractivity contribution in [2.75, 3.05) is 5.32 Å². The van der Waals surface area contributed by atoms with E-state index >= 15 is 0 Å². The normalized spacial score (nSPS) is 10.7. The number of phenols is 1. The molecule has 0 spiro atoms. The molecule has 0 fully saturated rings. The molecule has 0 aliphatic carbocycles. The third kappa shape index (κ3) is 4.27. The standard InChI is InChI=1S/C15H10ClFN2O4/c16-10-7-9(5-6-19(22)23)14(20)13(8-10)15(21)18-12-3-1-11(17)2-4-12/h1-8,20H,(H,18,21)/b6-5+. The fourth-order valence-electron chi connectivity index (χ4n) is 1.79. The summed E-state index contributed by atoms with van der Waals surface area (Å²) in [4.78, 5) is 21.8. The lowest BCUT2D eigenvalue weighted by atomic mass is 10.1. The Morgan fingerprint density at radius 3 is 2.57 bits per heavy atom. The molecule has 0 saturated carbocycles. The molecule has 0 aliphatic heterocycles. The summed E-state index contributed by atoms with van der Waals surface area (Å²) in [5, 5.41) is 23.0. The number of rotatable bonds is 4. The maximum absolute atomic E-state index is 12.8. The molecule has 0 heterocycles. The van der Waals surface area contributed by atoms with Crippen LogP contribution in [-0.4, -0.2) is 15.9 Å². The van der Waals surface area contributed by atoms with Crippen LogP contribution in [0.3, 0.4) is 0 Å². The molecule has 8 heteroatoms. The molecule has 0 aromatic heterocycles. The van der Waals surface area contributed by atoms with Crippen LogP contribution in [0.15, 0.2) is 42.6 Å². The van der Waals surface area contributed by atoms with Crippen molar-refractivity contribution < 1.29 is 19.2 Å². The number of halogens is 2. The van der Waals surface area contributed by atoms with Gasteiger partial charge in [0.25, 0.3) is 5.91 Å². The quantitative estimate of drug-likeness (QED) is 0.658. The van der Waals surface area contributed by atoms with Gasteiger partial charge in [0.15, 0.2) is 0 Å². The zero-order valence-corrected chi connectivity index (χ0v) is 12.2. The van der Waals surface area contributed by atoms with Crippen molar-refractivity contribution in [3.63, 3.8) is 0 Å². The van der Waals surface area contributed by atoms with Crippen LogP contribution in [0.4, 0.5) is 10.1 Å². The summed E-state index contributed by atoms with van der Waals surface area (Å²) in [6.45, 7) is 0. The highest BCUT2D eigenvalue weighted by atomic mass is 35.5. The number of amides is 1. The predicted octanol–water partition coefficient (Wildman–Crippen LogP) is 3.68. The number of hydrogen-bond donors (Lipinski definition) is 2. The molecular formula is C15H10ClFN2O4. The second-order valence-electron chi connectivity index (χ2n) is 4.45. The first-order chi connectivity index (χ1) is 10.9. The van der Waals surface area contributed by atoms with Gasteiger partial charge in [-0.1, -0.05) is 11.6 Å². The van der Waals surface area contributed by atoms with Crippen LogP contribution in [0.5, 0.6) is 5.75 Å². The number of aromatic hydroxyl groups is 1. The van der Waals surface area contributed by atoms with Crippen molar-refractivity contribution in [1.29, 1.82) is 0 Å². The monoisotopic (exact) mass is 336 g/mol. The zero-order valence-electron chi connectivity index (χ0n) is 11.5. The van der Waals surface area contributed by atoms with E-state index in [2.05, 4.69) is 5.32 Å². The molecule has 6 nitrogen and oxygen atoms in total. The summed E-state index contributed by atoms with van der Waals surface area (Å²) >= 11 is 5.86. The van der Waals surface area contributed by atoms with Crippen molar-refractivity contribution in [3.05, 3.63) is 74.7 Å². The fraction of sp³-hybridized carbons (Fsp3) is 0. The van der Waals surface area contributed by atoms with Crippen LogP contribution < -0.4 is 5.32 Å². The Balaban J connectivity index is 2.32. The van der Waals surface area contributed by atoms with Gasteiger partial charge in [-0.05, 0) is 36.4 Å². The summed E-state index contributed by atoms with van der Waals surface area (Å²) in [6.07, 6.45) is 1.64. The average molecular weight is 337 g/mol. The fourth-order valence-corrected chi connectivity index (χ4v) is 2.02. The highest BCUT2D eigenvalue weighted by Gasteiger charge is 2.16. The van der Waals surface area contributed by atoms with Gasteiger partial charge in [0.05, 0.1) is 10.5 Å². The van der Waals surface area contributed by atoms with E-state index in [9.17, 15) is 24.4 Å². The Morgan fingerprint density at radius 2 is 1.96 bits per heavy atom. The predicted molar refractivity (Wildman–Crippen MR) is 83.5 cm³/mol. The number of phenolic OH excluding ortho intramolecular Hbond substituents is 1. The SMILES string of the molecule is O=C(Nc1ccc(F)cc1)c1cc(Cl)cc(/C=C/[N+](=O)[O-])c1O. The third-order valence-electron chi connectivity index (χ3n) is 2.83. The lowest BCUT2D eigenvalue weighted by molar-refractivity contribution is -0.400. The maximum Gasteiger partial charge on any atom is 0.259 e. The number of carbonyl (C=O) groups excluding carboxylic acids is 1. The molecule has 2 rings (SSSR count). The minimum atomic E-state index is -0.710. The Hall–Kier alpha value is -2.93. The van der Waals surface area contributed by atoms with Crippen LogP contribution in [0.1, 0.15) is 15.9 Å². The maximum atomic E-state index is 12.8. The first-order valence-corrected chi connectivity index (χ1v) is 6.66. The molecule has 0 bridgehead atoms. The lowest BCUT2D eigenvalue weighted by Gasteiger charge is -2.09. The molecule has 0 saturated heterocycles. The van der Waals surface area contributed by atoms with Gasteiger partial charge in [-0.3, -0.25) is 14.9 Å². The molecule has 0 atom stereocenters. The van der Waals surface area contributed by atoms with Crippen LogP contribution in [0.2, 0.25) is 5.02 Å². The minimum Gasteiger partial charge on any atom is -0.506 e. The van der Waals surface area contributed by atoms with E-state index in [0.717, 1.165) is 6.08 Å². The molecule has 23 heavy (non-hydrogen) atoms. The van der Waals surface area contributed by atoms with Crippen molar-refractivity contribution in [3.8, 4) is 5.75 Å². The lowest BCUT2D eigenvalue weighted by Crippen LogP contribution is -2.12. The summed E-state index contributed by atoms with van der Waals surface area (Å²) in [7, 11) is 0. The zero-order chi connectivity index (χ0) is 17.0. The van der Waals surface area contributed by atoms with Gasteiger partial charge < -0.3 is 10.4 Å². The second kappa shape index (κ2) is 6.89. The number of anilines is 1. The molecule has 0 radical (unpaired) electrons. The van der Waals surface area contributed by atoms with E-state index in [1.807, 2.05) is 0 Å². The summed E-state index contributed by atoms with van der Waals surface area (Å²) in [6, 6.07) is 7.53. The third-order valence-corrected chi connectivity index (χ3v) is 3.04. The first-order valence-electron chi connectivity index (χ1n) is 6.28. The van der Waals surface area contributed by atoms with Crippen molar-refractivity contribution in [2.24, 2.45) is 0 Å². The van der Waals surface area contributed by atoms with Crippen LogP contribution in [-0.2, 0) is 0 Å². The van der Waals surface area contributed by atoms with Gasteiger partial charge in [0.2, 0.25) is 6.20 Å². The Labute approximate surface area is 135 Å². The highest BCUT2D eigenvalue weighted by Crippen LogP contribution is 2.29. The Bertz CT molecular complexity index is 791. The number of nitrogens with zero attached hydrogens (tertiary/aromatic N) is 1. The van der Waals surface area contributed by atoms with E-state index in [1.165, 1.54) is 36.4 Å². The smallest absolute Gasteiger partial charge is 0.259 e. The Morgan fingerprint density at radius 1 is 1.30 bits per heavy atom. The second-order valence-corrected chi connectivity index (χ2v) is 4.89. The van der Waals surface area contributed by atoms with Crippen molar-refractivity contribution in [2.45, 2.75) is 0 Å². The molecule has 1 amide bonds. The van der Waals surface area contributed by atoms with Crippen molar-refractivity contribution >= 4 is 29.3 Å².